The number of hydrogen-bond donors (Lipinski definition) is 2. The van der Waals surface area contributed by atoms with Gasteiger partial charge in [-0.05, 0) is 92.9 Å². The molecule has 1 fully saturated rings. The Hall–Kier alpha value is -2.02. The molecule has 1 saturated carbocycles. The van der Waals surface area contributed by atoms with E-state index in [1.165, 1.54) is 28.5 Å². The summed E-state index contributed by atoms with van der Waals surface area (Å²) in [6.45, 7) is 13.9. The maximum absolute atomic E-state index is 13.3. The van der Waals surface area contributed by atoms with Gasteiger partial charge in [0.2, 0.25) is 5.91 Å². The van der Waals surface area contributed by atoms with Gasteiger partial charge in [0.05, 0.1) is 12.3 Å². The number of carbonyl (C=O) groups is 3. The van der Waals surface area contributed by atoms with E-state index in [9.17, 15) is 19.5 Å². The van der Waals surface area contributed by atoms with Crippen LogP contribution in [0.15, 0.2) is 34.9 Å². The average Bonchev–Trinajstić information content (AvgIpc) is 2.83. The van der Waals surface area contributed by atoms with Crippen LogP contribution in [0.3, 0.4) is 0 Å². The van der Waals surface area contributed by atoms with Crippen molar-refractivity contribution < 1.29 is 24.2 Å². The molecule has 0 bridgehead atoms. The standard InChI is InChI=1S/C32H53NO5S/c1-23(2)13-11-14-24(3)15-12-16-25(4)19-20-39-22-28(31(36)37)33-30(35)27(26-17-9-8-10-18-26)21-29(34)38-32(5,6)7/h13,15,19,26-28H,8-12,14,16-18,20-22H2,1-7H3,(H,33,35)(H,36,37)/b24-15+,25-19+/t27-,28-/m0/s1. The summed E-state index contributed by atoms with van der Waals surface area (Å²) in [5.74, 6) is -1.33. The van der Waals surface area contributed by atoms with Gasteiger partial charge in [-0.3, -0.25) is 9.59 Å². The first-order valence-corrected chi connectivity index (χ1v) is 15.7. The van der Waals surface area contributed by atoms with Gasteiger partial charge in [0.1, 0.15) is 11.6 Å². The lowest BCUT2D eigenvalue weighted by molar-refractivity contribution is -0.158. The molecule has 0 aromatic rings. The van der Waals surface area contributed by atoms with Gasteiger partial charge in [0, 0.05) is 11.5 Å². The van der Waals surface area contributed by atoms with Crippen molar-refractivity contribution in [1.29, 1.82) is 0 Å². The van der Waals surface area contributed by atoms with Gasteiger partial charge in [-0.1, -0.05) is 54.2 Å². The topological polar surface area (TPSA) is 92.7 Å². The van der Waals surface area contributed by atoms with Crippen molar-refractivity contribution in [3.8, 4) is 0 Å². The SMILES string of the molecule is CC(C)=CCC/C(C)=C/CC/C(C)=C/CSC[C@H](NC(=O)[C@@H](CC(=O)OC(C)(C)C)C1CCCCC1)C(=O)O. The van der Waals surface area contributed by atoms with E-state index in [-0.39, 0.29) is 24.0 Å². The molecule has 0 unspecified atom stereocenters. The summed E-state index contributed by atoms with van der Waals surface area (Å²) in [7, 11) is 0. The molecule has 1 aliphatic rings. The van der Waals surface area contributed by atoms with Crippen LogP contribution < -0.4 is 5.32 Å². The van der Waals surface area contributed by atoms with E-state index in [1.807, 2.05) is 0 Å². The molecular formula is C32H53NO5S. The smallest absolute Gasteiger partial charge is 0.327 e. The summed E-state index contributed by atoms with van der Waals surface area (Å²) in [4.78, 5) is 37.8. The minimum absolute atomic E-state index is 0.0158. The number of amides is 1. The van der Waals surface area contributed by atoms with E-state index in [2.05, 4.69) is 51.2 Å². The predicted molar refractivity (Wildman–Crippen MR) is 163 cm³/mol. The zero-order valence-corrected chi connectivity index (χ0v) is 26.3. The van der Waals surface area contributed by atoms with Crippen LogP contribution in [0.4, 0.5) is 0 Å². The molecule has 1 aliphatic carbocycles. The largest absolute Gasteiger partial charge is 0.480 e. The Morgan fingerprint density at radius 3 is 2.10 bits per heavy atom. The molecule has 0 spiro atoms. The first kappa shape index (κ1) is 35.0. The molecule has 0 heterocycles. The second kappa shape index (κ2) is 18.4. The zero-order chi connectivity index (χ0) is 29.4. The van der Waals surface area contributed by atoms with E-state index in [0.29, 0.717) is 5.75 Å². The number of thioether (sulfide) groups is 1. The third-order valence-electron chi connectivity index (χ3n) is 6.93. The molecule has 0 saturated heterocycles. The molecule has 1 amide bonds. The lowest BCUT2D eigenvalue weighted by atomic mass is 9.78. The number of carboxylic acid groups (broad SMARTS) is 1. The number of hydrogen-bond acceptors (Lipinski definition) is 5. The number of allylic oxidation sites excluding steroid dienone is 5. The van der Waals surface area contributed by atoms with Crippen LogP contribution in [0.2, 0.25) is 0 Å². The quantitative estimate of drug-likeness (QED) is 0.114. The minimum Gasteiger partial charge on any atom is -0.480 e. The number of esters is 1. The molecule has 0 radical (unpaired) electrons. The lowest BCUT2D eigenvalue weighted by Crippen LogP contribution is -2.47. The number of carbonyl (C=O) groups excluding carboxylic acids is 2. The Morgan fingerprint density at radius 1 is 0.949 bits per heavy atom. The molecule has 7 heteroatoms. The molecule has 2 atom stereocenters. The summed E-state index contributed by atoms with van der Waals surface area (Å²) in [5.41, 5.74) is 3.42. The van der Waals surface area contributed by atoms with E-state index in [1.54, 1.807) is 20.8 Å². The Morgan fingerprint density at radius 2 is 1.54 bits per heavy atom. The highest BCUT2D eigenvalue weighted by Gasteiger charge is 2.35. The molecule has 222 valence electrons. The number of nitrogens with one attached hydrogen (secondary N) is 1. The monoisotopic (exact) mass is 563 g/mol. The van der Waals surface area contributed by atoms with Crippen molar-refractivity contribution in [2.24, 2.45) is 11.8 Å². The maximum Gasteiger partial charge on any atom is 0.327 e. The third-order valence-corrected chi connectivity index (χ3v) is 7.91. The van der Waals surface area contributed by atoms with Gasteiger partial charge in [0.15, 0.2) is 0 Å². The minimum atomic E-state index is -1.05. The lowest BCUT2D eigenvalue weighted by Gasteiger charge is -2.30. The van der Waals surface area contributed by atoms with Crippen LogP contribution in [0, 0.1) is 11.8 Å². The summed E-state index contributed by atoms with van der Waals surface area (Å²) in [6, 6.07) is -0.993. The Bertz CT molecular complexity index is 873. The fourth-order valence-electron chi connectivity index (χ4n) is 4.75. The number of aliphatic carboxylic acids is 1. The summed E-state index contributed by atoms with van der Waals surface area (Å²) < 4.78 is 5.48. The molecular weight excluding hydrogens is 510 g/mol. The number of ether oxygens (including phenoxy) is 1. The molecule has 0 aliphatic heterocycles. The zero-order valence-electron chi connectivity index (χ0n) is 25.4. The van der Waals surface area contributed by atoms with E-state index < -0.39 is 29.5 Å². The highest BCUT2D eigenvalue weighted by molar-refractivity contribution is 7.99. The van der Waals surface area contributed by atoms with Crippen molar-refractivity contribution in [3.05, 3.63) is 34.9 Å². The van der Waals surface area contributed by atoms with Crippen LogP contribution in [-0.4, -0.2) is 46.1 Å². The highest BCUT2D eigenvalue weighted by atomic mass is 32.2. The predicted octanol–water partition coefficient (Wildman–Crippen LogP) is 7.64. The van der Waals surface area contributed by atoms with Crippen molar-refractivity contribution in [2.45, 2.75) is 124 Å². The van der Waals surface area contributed by atoms with Crippen molar-refractivity contribution >= 4 is 29.6 Å². The van der Waals surface area contributed by atoms with Crippen LogP contribution in [0.25, 0.3) is 0 Å². The second-order valence-corrected chi connectivity index (χ2v) is 13.3. The van der Waals surface area contributed by atoms with Crippen LogP contribution in [0.1, 0.15) is 113 Å². The van der Waals surface area contributed by atoms with Gasteiger partial charge in [-0.15, -0.1) is 0 Å². The van der Waals surface area contributed by atoms with E-state index >= 15 is 0 Å². The molecule has 39 heavy (non-hydrogen) atoms. The fourth-order valence-corrected chi connectivity index (χ4v) is 5.75. The van der Waals surface area contributed by atoms with Crippen molar-refractivity contribution in [1.82, 2.24) is 5.32 Å². The normalized spacial score (nSPS) is 16.8. The van der Waals surface area contributed by atoms with Crippen molar-refractivity contribution in [2.75, 3.05) is 11.5 Å². The van der Waals surface area contributed by atoms with Crippen LogP contribution in [0.5, 0.6) is 0 Å². The Balaban J connectivity index is 2.62. The fraction of sp³-hybridized carbons (Fsp3) is 0.719. The van der Waals surface area contributed by atoms with Gasteiger partial charge in [0.25, 0.3) is 0 Å². The first-order chi connectivity index (χ1) is 18.3. The Labute approximate surface area is 241 Å². The van der Waals surface area contributed by atoms with E-state index in [4.69, 9.17) is 4.74 Å². The highest BCUT2D eigenvalue weighted by Crippen LogP contribution is 2.33. The van der Waals surface area contributed by atoms with Gasteiger partial charge in [-0.2, -0.15) is 11.8 Å². The third kappa shape index (κ3) is 16.6. The average molecular weight is 564 g/mol. The van der Waals surface area contributed by atoms with Crippen molar-refractivity contribution in [3.63, 3.8) is 0 Å². The summed E-state index contributed by atoms with van der Waals surface area (Å²) >= 11 is 1.50. The molecule has 0 aromatic heterocycles. The van der Waals surface area contributed by atoms with E-state index in [0.717, 1.165) is 57.8 Å². The first-order valence-electron chi connectivity index (χ1n) is 14.6. The second-order valence-electron chi connectivity index (χ2n) is 12.2. The maximum atomic E-state index is 13.3. The van der Waals surface area contributed by atoms with Gasteiger partial charge < -0.3 is 15.2 Å². The number of carboxylic acids is 1. The Kier molecular flexibility index (Phi) is 16.5. The molecule has 6 nitrogen and oxygen atoms in total. The molecule has 1 rings (SSSR count). The molecule has 2 N–H and O–H groups in total. The molecule has 0 aromatic carbocycles. The van der Waals surface area contributed by atoms with Gasteiger partial charge in [-0.25, -0.2) is 4.79 Å². The number of rotatable bonds is 16. The van der Waals surface area contributed by atoms with Gasteiger partial charge >= 0.3 is 11.9 Å². The van der Waals surface area contributed by atoms with Crippen LogP contribution in [-0.2, 0) is 19.1 Å². The summed E-state index contributed by atoms with van der Waals surface area (Å²) in [6.07, 6.45) is 15.8. The van der Waals surface area contributed by atoms with Crippen LogP contribution >= 0.6 is 11.8 Å². The summed E-state index contributed by atoms with van der Waals surface area (Å²) in [5, 5.41) is 12.5.